The third kappa shape index (κ3) is 7.01. The molecular formula is C33H28FN7O6S. The monoisotopic (exact) mass is 669 g/mol. The fourth-order valence-corrected chi connectivity index (χ4v) is 5.88. The number of nitrogens with one attached hydrogen (secondary N) is 3. The first-order chi connectivity index (χ1) is 23.1. The summed E-state index contributed by atoms with van der Waals surface area (Å²) in [5.41, 5.74) is 3.05. The average molecular weight is 670 g/mol. The summed E-state index contributed by atoms with van der Waals surface area (Å²) in [6.07, 6.45) is 2.73. The number of rotatable bonds is 11. The maximum Gasteiger partial charge on any atom is 0.357 e. The number of aromatic nitrogens is 4. The first-order valence-corrected chi connectivity index (χ1v) is 15.8. The summed E-state index contributed by atoms with van der Waals surface area (Å²) >= 11 is 0. The van der Waals surface area contributed by atoms with Gasteiger partial charge in [0.15, 0.2) is 11.6 Å². The van der Waals surface area contributed by atoms with Gasteiger partial charge in [0.2, 0.25) is 5.95 Å². The molecule has 0 atom stereocenters. The topological polar surface area (TPSA) is 170 Å². The van der Waals surface area contributed by atoms with Crippen molar-refractivity contribution in [3.8, 4) is 11.5 Å². The SMILES string of the molecule is COc1cc(C(=O)ONS(=O)(=O)c2ccccc2C)ccc1Cn1ncc2ccc(Nc3ncc(F)c(Nc4cccc(O)c4)n3)cc21. The maximum atomic E-state index is 14.5. The molecule has 0 bridgehead atoms. The van der Waals surface area contributed by atoms with Crippen LogP contribution in [0.4, 0.5) is 27.5 Å². The molecule has 244 valence electrons. The Balaban J connectivity index is 1.17. The molecule has 0 unspecified atom stereocenters. The highest BCUT2D eigenvalue weighted by atomic mass is 32.2. The Morgan fingerprint density at radius 1 is 0.958 bits per heavy atom. The number of nitrogens with zero attached hydrogens (tertiary/aromatic N) is 4. The molecule has 0 fully saturated rings. The summed E-state index contributed by atoms with van der Waals surface area (Å²) < 4.78 is 47.0. The van der Waals surface area contributed by atoms with Crippen LogP contribution < -0.4 is 20.3 Å². The van der Waals surface area contributed by atoms with E-state index in [0.29, 0.717) is 28.3 Å². The molecule has 0 saturated heterocycles. The third-order valence-corrected chi connectivity index (χ3v) is 8.56. The van der Waals surface area contributed by atoms with Crippen LogP contribution in [-0.4, -0.2) is 46.4 Å². The third-order valence-electron chi connectivity index (χ3n) is 7.22. The van der Waals surface area contributed by atoms with Crippen molar-refractivity contribution < 1.29 is 32.3 Å². The number of sulfonamides is 1. The van der Waals surface area contributed by atoms with Gasteiger partial charge in [0, 0.05) is 28.4 Å². The smallest absolute Gasteiger partial charge is 0.357 e. The number of carbonyl (C=O) groups excluding carboxylic acids is 1. The summed E-state index contributed by atoms with van der Waals surface area (Å²) in [4.78, 5) is 27.8. The molecule has 0 radical (unpaired) electrons. The molecule has 4 N–H and O–H groups in total. The summed E-state index contributed by atoms with van der Waals surface area (Å²) in [5, 5.41) is 21.0. The van der Waals surface area contributed by atoms with E-state index in [0.717, 1.165) is 17.1 Å². The number of methoxy groups -OCH3 is 1. The lowest BCUT2D eigenvalue weighted by Gasteiger charge is -2.13. The van der Waals surface area contributed by atoms with E-state index < -0.39 is 21.8 Å². The number of hydrogen-bond donors (Lipinski definition) is 4. The van der Waals surface area contributed by atoms with E-state index in [9.17, 15) is 22.7 Å². The number of halogens is 1. The van der Waals surface area contributed by atoms with Crippen LogP contribution in [0.1, 0.15) is 21.5 Å². The van der Waals surface area contributed by atoms with E-state index in [1.165, 1.54) is 37.4 Å². The number of aromatic hydroxyl groups is 1. The minimum absolute atomic E-state index is 0.00700. The van der Waals surface area contributed by atoms with Gasteiger partial charge in [-0.2, -0.15) is 10.1 Å². The van der Waals surface area contributed by atoms with E-state index in [1.807, 2.05) is 17.0 Å². The van der Waals surface area contributed by atoms with Gasteiger partial charge in [-0.3, -0.25) is 4.68 Å². The van der Waals surface area contributed by atoms with E-state index in [-0.39, 0.29) is 34.5 Å². The number of fused-ring (bicyclic) bond motifs is 1. The van der Waals surface area contributed by atoms with E-state index in [1.54, 1.807) is 60.3 Å². The summed E-state index contributed by atoms with van der Waals surface area (Å²) in [6.45, 7) is 1.89. The van der Waals surface area contributed by atoms with Gasteiger partial charge in [-0.1, -0.05) is 30.3 Å². The van der Waals surface area contributed by atoms with Crippen molar-refractivity contribution in [2.24, 2.45) is 0 Å². The number of benzene rings is 4. The van der Waals surface area contributed by atoms with Crippen molar-refractivity contribution in [3.05, 3.63) is 120 Å². The van der Waals surface area contributed by atoms with Crippen LogP contribution in [0.15, 0.2) is 102 Å². The second-order valence-electron chi connectivity index (χ2n) is 10.5. The minimum Gasteiger partial charge on any atom is -0.508 e. The van der Waals surface area contributed by atoms with Crippen molar-refractivity contribution in [2.45, 2.75) is 18.4 Å². The van der Waals surface area contributed by atoms with Gasteiger partial charge < -0.3 is 25.3 Å². The van der Waals surface area contributed by atoms with E-state index in [2.05, 4.69) is 25.7 Å². The Morgan fingerprint density at radius 3 is 2.56 bits per heavy atom. The molecule has 4 aromatic carbocycles. The van der Waals surface area contributed by atoms with Crippen LogP contribution in [0.3, 0.4) is 0 Å². The minimum atomic E-state index is -4.09. The van der Waals surface area contributed by atoms with Crippen LogP contribution in [0.5, 0.6) is 11.5 Å². The Hall–Kier alpha value is -6.06. The van der Waals surface area contributed by atoms with Crippen molar-refractivity contribution in [3.63, 3.8) is 0 Å². The van der Waals surface area contributed by atoms with E-state index in [4.69, 9.17) is 9.57 Å². The molecule has 6 rings (SSSR count). The Bertz CT molecular complexity index is 2260. The summed E-state index contributed by atoms with van der Waals surface area (Å²) in [6, 6.07) is 22.6. The second-order valence-corrected chi connectivity index (χ2v) is 12.1. The summed E-state index contributed by atoms with van der Waals surface area (Å²) in [7, 11) is -2.64. The van der Waals surface area contributed by atoms with Crippen molar-refractivity contribution in [1.82, 2.24) is 24.6 Å². The zero-order valence-corrected chi connectivity index (χ0v) is 26.3. The molecule has 0 aliphatic heterocycles. The number of ether oxygens (including phenoxy) is 1. The molecule has 15 heteroatoms. The van der Waals surface area contributed by atoms with Crippen LogP contribution >= 0.6 is 0 Å². The Labute approximate surface area is 274 Å². The molecule has 2 aromatic heterocycles. The largest absolute Gasteiger partial charge is 0.508 e. The quantitative estimate of drug-likeness (QED) is 0.127. The van der Waals surface area contributed by atoms with Gasteiger partial charge >= 0.3 is 5.97 Å². The highest BCUT2D eigenvalue weighted by Gasteiger charge is 2.20. The number of phenols is 1. The fraction of sp³-hybridized carbons (Fsp3) is 0.0909. The first kappa shape index (κ1) is 31.9. The predicted molar refractivity (Wildman–Crippen MR) is 175 cm³/mol. The maximum absolute atomic E-state index is 14.5. The Kier molecular flexibility index (Phi) is 8.87. The van der Waals surface area contributed by atoms with Crippen LogP contribution in [-0.2, 0) is 21.4 Å². The lowest BCUT2D eigenvalue weighted by Crippen LogP contribution is -2.28. The standard InChI is InChI=1S/C33H28FN7O6S/c1-20-6-3-4-9-30(20)48(44,45)40-47-32(43)21-10-11-23(29(14-21)46-2)19-41-28-16-25(13-12-22(28)17-36-41)38-33-35-18-27(34)31(39-33)37-24-7-5-8-26(42)15-24/h3-18,40,42H,19H2,1-2H3,(H2,35,37,38,39). The van der Waals surface area contributed by atoms with Gasteiger partial charge in [0.05, 0.1) is 42.0 Å². The predicted octanol–water partition coefficient (Wildman–Crippen LogP) is 5.57. The molecule has 2 heterocycles. The lowest BCUT2D eigenvalue weighted by atomic mass is 10.1. The molecule has 0 amide bonds. The molecule has 0 aliphatic carbocycles. The molecule has 0 spiro atoms. The van der Waals surface area contributed by atoms with E-state index >= 15 is 0 Å². The van der Waals surface area contributed by atoms with Gasteiger partial charge in [-0.15, -0.1) is 0 Å². The fourth-order valence-electron chi connectivity index (χ4n) is 4.86. The highest BCUT2D eigenvalue weighted by Crippen LogP contribution is 2.27. The zero-order chi connectivity index (χ0) is 33.8. The first-order valence-electron chi connectivity index (χ1n) is 14.4. The normalized spacial score (nSPS) is 11.3. The number of phenolic OH excluding ortho intramolecular Hbond substituents is 1. The molecule has 0 aliphatic rings. The number of hydrogen-bond acceptors (Lipinski definition) is 11. The van der Waals surface area contributed by atoms with Gasteiger partial charge in [-0.25, -0.2) is 22.6 Å². The van der Waals surface area contributed by atoms with Crippen molar-refractivity contribution in [1.29, 1.82) is 0 Å². The van der Waals surface area contributed by atoms with Gasteiger partial charge in [0.1, 0.15) is 11.5 Å². The van der Waals surface area contributed by atoms with Crippen molar-refractivity contribution >= 4 is 50.0 Å². The molecule has 13 nitrogen and oxygen atoms in total. The Morgan fingerprint density at radius 2 is 1.77 bits per heavy atom. The van der Waals surface area contributed by atoms with Gasteiger partial charge in [0.25, 0.3) is 10.0 Å². The number of anilines is 4. The molecule has 0 saturated carbocycles. The average Bonchev–Trinajstić information content (AvgIpc) is 3.47. The van der Waals surface area contributed by atoms with Crippen molar-refractivity contribution in [2.75, 3.05) is 17.7 Å². The number of carbonyl (C=O) groups is 1. The van der Waals surface area contributed by atoms with Crippen LogP contribution in [0, 0.1) is 12.7 Å². The van der Waals surface area contributed by atoms with Gasteiger partial charge in [-0.05, 0) is 65.9 Å². The number of aryl methyl sites for hydroxylation is 1. The van der Waals surface area contributed by atoms with Crippen LogP contribution in [0.2, 0.25) is 0 Å². The summed E-state index contributed by atoms with van der Waals surface area (Å²) in [5.74, 6) is -1.15. The lowest BCUT2D eigenvalue weighted by molar-refractivity contribution is 0.0407. The molecule has 6 aromatic rings. The molecular weight excluding hydrogens is 641 g/mol. The molecule has 48 heavy (non-hydrogen) atoms. The van der Waals surface area contributed by atoms with Crippen LogP contribution in [0.25, 0.3) is 10.9 Å². The zero-order valence-electron chi connectivity index (χ0n) is 25.5. The highest BCUT2D eigenvalue weighted by molar-refractivity contribution is 7.89. The second kappa shape index (κ2) is 13.4.